The van der Waals surface area contributed by atoms with Gasteiger partial charge >= 0.3 is 0 Å². The van der Waals surface area contributed by atoms with E-state index >= 15 is 0 Å². The Morgan fingerprint density at radius 3 is 2.85 bits per heavy atom. The summed E-state index contributed by atoms with van der Waals surface area (Å²) in [5.74, 6) is 0.255. The third-order valence-corrected chi connectivity index (χ3v) is 7.72. The van der Waals surface area contributed by atoms with Gasteiger partial charge < -0.3 is 14.3 Å². The highest BCUT2D eigenvalue weighted by Gasteiger charge is 2.39. The number of carbonyl (C=O) groups is 2. The van der Waals surface area contributed by atoms with Crippen molar-refractivity contribution in [1.82, 2.24) is 15.0 Å². The van der Waals surface area contributed by atoms with Gasteiger partial charge in [0.2, 0.25) is 11.8 Å². The van der Waals surface area contributed by atoms with Crippen LogP contribution in [-0.2, 0) is 22.6 Å². The average Bonchev–Trinajstić information content (AvgIpc) is 3.53. The predicted molar refractivity (Wildman–Crippen MR) is 131 cm³/mol. The molecule has 4 heterocycles. The Kier molecular flexibility index (Phi) is 5.15. The molecule has 0 aliphatic carbocycles. The fourth-order valence-corrected chi connectivity index (χ4v) is 5.74. The fourth-order valence-electron chi connectivity index (χ4n) is 4.81. The normalized spacial score (nSPS) is 18.1. The molecule has 2 aliphatic rings. The standard InChI is InChI=1S/C25H21ClN4O3S/c1-14-27-21-11-18(6-7-22(21)34-14)30-12-16(10-23(30)31)25(32)29-9-8-20-19(13-29)24(33-28-20)15-2-4-17(26)5-3-15/h2-7,11,16H,8-10,12-13H2,1H3. The maximum Gasteiger partial charge on any atom is 0.228 e. The molecule has 2 aliphatic heterocycles. The van der Waals surface area contributed by atoms with Crippen molar-refractivity contribution in [3.05, 3.63) is 63.8 Å². The lowest BCUT2D eigenvalue weighted by molar-refractivity contribution is -0.136. The van der Waals surface area contributed by atoms with Crippen LogP contribution in [0.4, 0.5) is 5.69 Å². The van der Waals surface area contributed by atoms with Gasteiger partial charge in [0.15, 0.2) is 5.76 Å². The van der Waals surface area contributed by atoms with Gasteiger partial charge in [0.1, 0.15) is 0 Å². The molecular weight excluding hydrogens is 472 g/mol. The molecule has 1 unspecified atom stereocenters. The topological polar surface area (TPSA) is 79.5 Å². The van der Waals surface area contributed by atoms with Crippen molar-refractivity contribution >= 4 is 50.7 Å². The molecule has 0 N–H and O–H groups in total. The quantitative estimate of drug-likeness (QED) is 0.408. The van der Waals surface area contributed by atoms with E-state index in [1.54, 1.807) is 28.4 Å². The Bertz CT molecular complexity index is 1430. The number of aryl methyl sites for hydroxylation is 1. The summed E-state index contributed by atoms with van der Waals surface area (Å²) >= 11 is 7.65. The maximum atomic E-state index is 13.4. The van der Waals surface area contributed by atoms with Gasteiger partial charge in [0.25, 0.3) is 0 Å². The third kappa shape index (κ3) is 3.67. The lowest BCUT2D eigenvalue weighted by Crippen LogP contribution is -2.40. The Morgan fingerprint density at radius 2 is 2.03 bits per heavy atom. The minimum absolute atomic E-state index is 0.00432. The van der Waals surface area contributed by atoms with Gasteiger partial charge in [-0.1, -0.05) is 16.8 Å². The van der Waals surface area contributed by atoms with E-state index in [2.05, 4.69) is 10.1 Å². The predicted octanol–water partition coefficient (Wildman–Crippen LogP) is 4.85. The second-order valence-corrected chi connectivity index (χ2v) is 10.4. The largest absolute Gasteiger partial charge is 0.356 e. The van der Waals surface area contributed by atoms with Crippen molar-refractivity contribution < 1.29 is 14.1 Å². The molecule has 2 amide bonds. The number of carbonyl (C=O) groups excluding carboxylic acids is 2. The van der Waals surface area contributed by atoms with E-state index in [0.717, 1.165) is 37.7 Å². The molecule has 0 saturated carbocycles. The molecule has 4 aromatic rings. The van der Waals surface area contributed by atoms with Crippen LogP contribution in [0, 0.1) is 12.8 Å². The fraction of sp³-hybridized carbons (Fsp3) is 0.280. The first-order chi connectivity index (χ1) is 16.5. The number of aromatic nitrogens is 2. The number of amides is 2. The number of nitrogens with zero attached hydrogens (tertiary/aromatic N) is 4. The van der Waals surface area contributed by atoms with Gasteiger partial charge in [0, 0.05) is 47.8 Å². The summed E-state index contributed by atoms with van der Waals surface area (Å²) in [6.07, 6.45) is 0.840. The molecule has 9 heteroatoms. The monoisotopic (exact) mass is 492 g/mol. The number of halogens is 1. The van der Waals surface area contributed by atoms with Crippen LogP contribution in [-0.4, -0.2) is 39.9 Å². The molecule has 1 fully saturated rings. The highest BCUT2D eigenvalue weighted by atomic mass is 35.5. The molecule has 7 nitrogen and oxygen atoms in total. The molecule has 34 heavy (non-hydrogen) atoms. The van der Waals surface area contributed by atoms with Crippen molar-refractivity contribution in [3.63, 3.8) is 0 Å². The summed E-state index contributed by atoms with van der Waals surface area (Å²) in [6.45, 7) is 3.33. The number of fused-ring (bicyclic) bond motifs is 2. The number of hydrogen-bond donors (Lipinski definition) is 0. The minimum Gasteiger partial charge on any atom is -0.356 e. The number of hydrogen-bond acceptors (Lipinski definition) is 6. The Balaban J connectivity index is 1.20. The van der Waals surface area contributed by atoms with Crippen molar-refractivity contribution in [2.75, 3.05) is 18.0 Å². The maximum absolute atomic E-state index is 13.4. The first-order valence-corrected chi connectivity index (χ1v) is 12.4. The lowest BCUT2D eigenvalue weighted by atomic mass is 9.99. The molecule has 2 aromatic carbocycles. The lowest BCUT2D eigenvalue weighted by Gasteiger charge is -2.28. The molecule has 6 rings (SSSR count). The van der Waals surface area contributed by atoms with Crippen molar-refractivity contribution in [1.29, 1.82) is 0 Å². The smallest absolute Gasteiger partial charge is 0.228 e. The summed E-state index contributed by atoms with van der Waals surface area (Å²) in [5.41, 5.74) is 4.36. The molecule has 172 valence electrons. The summed E-state index contributed by atoms with van der Waals surface area (Å²) in [4.78, 5) is 34.3. The van der Waals surface area contributed by atoms with Crippen molar-refractivity contribution in [3.8, 4) is 11.3 Å². The second kappa shape index (κ2) is 8.21. The van der Waals surface area contributed by atoms with Gasteiger partial charge in [-0.15, -0.1) is 11.3 Å². The van der Waals surface area contributed by atoms with Crippen LogP contribution < -0.4 is 4.90 Å². The second-order valence-electron chi connectivity index (χ2n) is 8.74. The molecular formula is C25H21ClN4O3S. The van der Waals surface area contributed by atoms with Crippen LogP contribution in [0.15, 0.2) is 47.0 Å². The Morgan fingerprint density at radius 1 is 1.21 bits per heavy atom. The Labute approximate surface area is 204 Å². The SMILES string of the molecule is Cc1nc2cc(N3CC(C(=O)N4CCc5noc(-c6ccc(Cl)cc6)c5C4)CC3=O)ccc2s1. The zero-order valence-corrected chi connectivity index (χ0v) is 20.0. The van der Waals surface area contributed by atoms with Gasteiger partial charge in [-0.2, -0.15) is 0 Å². The number of thiazole rings is 1. The van der Waals surface area contributed by atoms with Gasteiger partial charge in [-0.25, -0.2) is 4.98 Å². The molecule has 2 aromatic heterocycles. The summed E-state index contributed by atoms with van der Waals surface area (Å²) in [6, 6.07) is 13.3. The van der Waals surface area contributed by atoms with Crippen molar-refractivity contribution in [2.24, 2.45) is 5.92 Å². The highest BCUT2D eigenvalue weighted by molar-refractivity contribution is 7.18. The van der Waals surface area contributed by atoms with Gasteiger partial charge in [-0.3, -0.25) is 9.59 Å². The third-order valence-electron chi connectivity index (χ3n) is 6.52. The van der Waals surface area contributed by atoms with Crippen LogP contribution in [0.3, 0.4) is 0 Å². The van der Waals surface area contributed by atoms with Crippen LogP contribution in [0.2, 0.25) is 5.02 Å². The molecule has 0 bridgehead atoms. The minimum atomic E-state index is -0.374. The van der Waals surface area contributed by atoms with Crippen LogP contribution in [0.5, 0.6) is 0 Å². The number of benzene rings is 2. The van der Waals surface area contributed by atoms with E-state index in [1.165, 1.54) is 0 Å². The van der Waals surface area contributed by atoms with Crippen molar-refractivity contribution in [2.45, 2.75) is 26.3 Å². The number of rotatable bonds is 3. The molecule has 1 atom stereocenters. The number of anilines is 1. The van der Waals surface area contributed by atoms with Gasteiger partial charge in [-0.05, 0) is 49.4 Å². The molecule has 0 radical (unpaired) electrons. The van der Waals surface area contributed by atoms with E-state index in [-0.39, 0.29) is 24.2 Å². The van der Waals surface area contributed by atoms with Crippen LogP contribution in [0.1, 0.15) is 22.7 Å². The highest BCUT2D eigenvalue weighted by Crippen LogP contribution is 2.34. The van der Waals surface area contributed by atoms with Crippen LogP contribution >= 0.6 is 22.9 Å². The van der Waals surface area contributed by atoms with E-state index in [4.69, 9.17) is 16.1 Å². The summed E-state index contributed by atoms with van der Waals surface area (Å²) in [5, 5.41) is 5.86. The molecule has 1 saturated heterocycles. The first-order valence-electron chi connectivity index (χ1n) is 11.2. The van der Waals surface area contributed by atoms with E-state index in [1.807, 2.05) is 42.2 Å². The summed E-state index contributed by atoms with van der Waals surface area (Å²) in [7, 11) is 0. The van der Waals surface area contributed by atoms with E-state index < -0.39 is 0 Å². The Hall–Kier alpha value is -3.23. The van der Waals surface area contributed by atoms with E-state index in [0.29, 0.717) is 36.8 Å². The first kappa shape index (κ1) is 21.3. The van der Waals surface area contributed by atoms with Crippen LogP contribution in [0.25, 0.3) is 21.5 Å². The van der Waals surface area contributed by atoms with E-state index in [9.17, 15) is 9.59 Å². The summed E-state index contributed by atoms with van der Waals surface area (Å²) < 4.78 is 6.72. The zero-order chi connectivity index (χ0) is 23.4. The molecule has 0 spiro atoms. The average molecular weight is 493 g/mol. The zero-order valence-electron chi connectivity index (χ0n) is 18.5. The van der Waals surface area contributed by atoms with Gasteiger partial charge in [0.05, 0.1) is 33.4 Å².